The van der Waals surface area contributed by atoms with Crippen LogP contribution in [0.25, 0.3) is 11.5 Å². The predicted molar refractivity (Wildman–Crippen MR) is 67.3 cm³/mol. The normalized spacial score (nSPS) is 19.3. The van der Waals surface area contributed by atoms with E-state index in [1.807, 2.05) is 12.1 Å². The van der Waals surface area contributed by atoms with E-state index in [1.165, 1.54) is 5.56 Å². The maximum atomic E-state index is 5.34. The second-order valence-corrected chi connectivity index (χ2v) is 4.57. The van der Waals surface area contributed by atoms with Crippen molar-refractivity contribution in [2.45, 2.75) is 25.7 Å². The summed E-state index contributed by atoms with van der Waals surface area (Å²) in [7, 11) is 0. The quantitative estimate of drug-likeness (QED) is 0.833. The molecule has 1 aliphatic heterocycles. The van der Waals surface area contributed by atoms with Crippen LogP contribution in [0.5, 0.6) is 0 Å². The molecule has 2 heterocycles. The first-order valence-corrected chi connectivity index (χ1v) is 6.37. The number of hydrogen-bond acceptors (Lipinski definition) is 4. The number of hydrogen-bond donors (Lipinski definition) is 0. The van der Waals surface area contributed by atoms with Crippen LogP contribution in [-0.2, 0) is 11.2 Å². The van der Waals surface area contributed by atoms with Crippen molar-refractivity contribution in [3.05, 3.63) is 35.7 Å². The van der Waals surface area contributed by atoms with Crippen molar-refractivity contribution < 1.29 is 9.26 Å². The lowest BCUT2D eigenvalue weighted by Gasteiger charge is -1.98. The van der Waals surface area contributed by atoms with Gasteiger partial charge in [-0.25, -0.2) is 0 Å². The molecule has 2 aromatic rings. The third-order valence-corrected chi connectivity index (χ3v) is 3.35. The van der Waals surface area contributed by atoms with E-state index in [0.29, 0.717) is 12.5 Å². The van der Waals surface area contributed by atoms with Gasteiger partial charge in [0.25, 0.3) is 5.89 Å². The van der Waals surface area contributed by atoms with Gasteiger partial charge in [-0.3, -0.25) is 0 Å². The molecule has 0 radical (unpaired) electrons. The van der Waals surface area contributed by atoms with Gasteiger partial charge < -0.3 is 9.26 Å². The maximum absolute atomic E-state index is 5.34. The zero-order valence-corrected chi connectivity index (χ0v) is 10.4. The van der Waals surface area contributed by atoms with Crippen molar-refractivity contribution >= 4 is 0 Å². The van der Waals surface area contributed by atoms with Gasteiger partial charge >= 0.3 is 0 Å². The second kappa shape index (κ2) is 4.90. The van der Waals surface area contributed by atoms with Crippen LogP contribution in [0.15, 0.2) is 28.8 Å². The van der Waals surface area contributed by atoms with Crippen LogP contribution in [0, 0.1) is 0 Å². The minimum Gasteiger partial charge on any atom is -0.381 e. The molecule has 18 heavy (non-hydrogen) atoms. The molecule has 1 aromatic heterocycles. The monoisotopic (exact) mass is 244 g/mol. The molecule has 0 spiro atoms. The van der Waals surface area contributed by atoms with E-state index in [1.54, 1.807) is 0 Å². The Balaban J connectivity index is 1.82. The van der Waals surface area contributed by atoms with Crippen molar-refractivity contribution in [3.63, 3.8) is 0 Å². The van der Waals surface area contributed by atoms with E-state index >= 15 is 0 Å². The van der Waals surface area contributed by atoms with Crippen molar-refractivity contribution in [2.24, 2.45) is 0 Å². The highest BCUT2D eigenvalue weighted by Gasteiger charge is 2.23. The zero-order valence-electron chi connectivity index (χ0n) is 10.4. The average Bonchev–Trinajstić information content (AvgIpc) is 3.09. The Kier molecular flexibility index (Phi) is 3.11. The molecule has 0 saturated carbocycles. The van der Waals surface area contributed by atoms with Gasteiger partial charge in [0.15, 0.2) is 5.82 Å². The molecule has 1 atom stereocenters. The van der Waals surface area contributed by atoms with Crippen LogP contribution < -0.4 is 0 Å². The average molecular weight is 244 g/mol. The summed E-state index contributed by atoms with van der Waals surface area (Å²) in [4.78, 5) is 4.46. The minimum absolute atomic E-state index is 0.289. The highest BCUT2D eigenvalue weighted by atomic mass is 16.5. The predicted octanol–water partition coefficient (Wildman–Crippen LogP) is 2.80. The summed E-state index contributed by atoms with van der Waals surface area (Å²) in [6.07, 6.45) is 2.02. The summed E-state index contributed by atoms with van der Waals surface area (Å²) < 4.78 is 10.7. The highest BCUT2D eigenvalue weighted by molar-refractivity contribution is 5.53. The summed E-state index contributed by atoms with van der Waals surface area (Å²) in [6.45, 7) is 3.63. The molecular formula is C14H16N2O2. The molecule has 1 fully saturated rings. The molecule has 1 aromatic carbocycles. The van der Waals surface area contributed by atoms with Gasteiger partial charge in [-0.05, 0) is 30.5 Å². The topological polar surface area (TPSA) is 48.2 Å². The summed E-state index contributed by atoms with van der Waals surface area (Å²) in [5.74, 6) is 1.65. The summed E-state index contributed by atoms with van der Waals surface area (Å²) in [5, 5.41) is 4.05. The number of benzene rings is 1. The number of rotatable bonds is 3. The molecule has 4 heteroatoms. The fraction of sp³-hybridized carbons (Fsp3) is 0.429. The smallest absolute Gasteiger partial charge is 0.257 e. The molecule has 94 valence electrons. The third kappa shape index (κ3) is 2.16. The lowest BCUT2D eigenvalue weighted by molar-refractivity contribution is 0.192. The molecule has 0 bridgehead atoms. The van der Waals surface area contributed by atoms with E-state index in [-0.39, 0.29) is 5.92 Å². The molecule has 0 N–H and O–H groups in total. The SMILES string of the molecule is CCc1ccc(-c2nc([C@H]3CCOC3)no2)cc1. The van der Waals surface area contributed by atoms with Crippen LogP contribution >= 0.6 is 0 Å². The summed E-state index contributed by atoms with van der Waals surface area (Å²) in [5.41, 5.74) is 2.28. The maximum Gasteiger partial charge on any atom is 0.257 e. The largest absolute Gasteiger partial charge is 0.381 e. The van der Waals surface area contributed by atoms with Gasteiger partial charge in [0.05, 0.1) is 6.61 Å². The van der Waals surface area contributed by atoms with Gasteiger partial charge in [-0.2, -0.15) is 4.98 Å². The van der Waals surface area contributed by atoms with Gasteiger partial charge in [0.2, 0.25) is 0 Å². The Morgan fingerprint density at radius 3 is 2.78 bits per heavy atom. The molecule has 1 aliphatic rings. The lowest BCUT2D eigenvalue weighted by atomic mass is 10.1. The minimum atomic E-state index is 0.289. The van der Waals surface area contributed by atoms with Crippen molar-refractivity contribution in [3.8, 4) is 11.5 Å². The zero-order chi connectivity index (χ0) is 12.4. The Morgan fingerprint density at radius 2 is 2.11 bits per heavy atom. The van der Waals surface area contributed by atoms with Crippen LogP contribution in [0.1, 0.15) is 30.7 Å². The van der Waals surface area contributed by atoms with Gasteiger partial charge in [0.1, 0.15) is 0 Å². The Hall–Kier alpha value is -1.68. The Bertz CT molecular complexity index is 513. The second-order valence-electron chi connectivity index (χ2n) is 4.57. The molecule has 3 rings (SSSR count). The molecule has 4 nitrogen and oxygen atoms in total. The summed E-state index contributed by atoms with van der Waals surface area (Å²) in [6, 6.07) is 8.25. The fourth-order valence-electron chi connectivity index (χ4n) is 2.14. The van der Waals surface area contributed by atoms with Crippen molar-refractivity contribution in [1.29, 1.82) is 0 Å². The first-order valence-electron chi connectivity index (χ1n) is 6.37. The molecule has 0 aliphatic carbocycles. The van der Waals surface area contributed by atoms with E-state index in [9.17, 15) is 0 Å². The van der Waals surface area contributed by atoms with Gasteiger partial charge in [0, 0.05) is 18.1 Å². The van der Waals surface area contributed by atoms with E-state index in [0.717, 1.165) is 30.8 Å². The molecule has 0 unspecified atom stereocenters. The number of aromatic nitrogens is 2. The van der Waals surface area contributed by atoms with Crippen molar-refractivity contribution in [1.82, 2.24) is 10.1 Å². The number of nitrogens with zero attached hydrogens (tertiary/aromatic N) is 2. The molecule has 0 amide bonds. The van der Waals surface area contributed by atoms with Gasteiger partial charge in [-0.1, -0.05) is 24.2 Å². The van der Waals surface area contributed by atoms with E-state index in [4.69, 9.17) is 9.26 Å². The van der Waals surface area contributed by atoms with E-state index < -0.39 is 0 Å². The van der Waals surface area contributed by atoms with Crippen LogP contribution in [0.3, 0.4) is 0 Å². The first-order chi connectivity index (χ1) is 8.86. The van der Waals surface area contributed by atoms with E-state index in [2.05, 4.69) is 29.2 Å². The number of ether oxygens (including phenoxy) is 1. The molecule has 1 saturated heterocycles. The van der Waals surface area contributed by atoms with Crippen LogP contribution in [0.2, 0.25) is 0 Å². The first kappa shape index (κ1) is 11.4. The third-order valence-electron chi connectivity index (χ3n) is 3.35. The summed E-state index contributed by atoms with van der Waals surface area (Å²) >= 11 is 0. The standard InChI is InChI=1S/C14H16N2O2/c1-2-10-3-5-11(6-4-10)14-15-13(16-18-14)12-7-8-17-9-12/h3-6,12H,2,7-9H2,1H3/t12-/m0/s1. The highest BCUT2D eigenvalue weighted by Crippen LogP contribution is 2.25. The molecular weight excluding hydrogens is 228 g/mol. The fourth-order valence-corrected chi connectivity index (χ4v) is 2.14. The Morgan fingerprint density at radius 1 is 1.28 bits per heavy atom. The van der Waals surface area contributed by atoms with Crippen molar-refractivity contribution in [2.75, 3.05) is 13.2 Å². The van der Waals surface area contributed by atoms with Crippen LogP contribution in [0.4, 0.5) is 0 Å². The van der Waals surface area contributed by atoms with Gasteiger partial charge in [-0.15, -0.1) is 0 Å². The van der Waals surface area contributed by atoms with Crippen LogP contribution in [-0.4, -0.2) is 23.4 Å². The Labute approximate surface area is 106 Å². The lowest BCUT2D eigenvalue weighted by Crippen LogP contribution is -1.99. The number of aryl methyl sites for hydroxylation is 1.